The van der Waals surface area contributed by atoms with Crippen LogP contribution in [0.1, 0.15) is 12.5 Å². The summed E-state index contributed by atoms with van der Waals surface area (Å²) in [6.45, 7) is 5.00. The highest BCUT2D eigenvalue weighted by molar-refractivity contribution is 7.14. The predicted octanol–water partition coefficient (Wildman–Crippen LogP) is 3.07. The van der Waals surface area contributed by atoms with Gasteiger partial charge in [-0.3, -0.25) is 4.98 Å². The molecule has 0 aliphatic heterocycles. The molecule has 0 amide bonds. The summed E-state index contributed by atoms with van der Waals surface area (Å²) in [6.07, 6.45) is 3.59. The molecule has 0 aliphatic rings. The first-order valence-electron chi connectivity index (χ1n) is 5.86. The predicted molar refractivity (Wildman–Crippen MR) is 75.7 cm³/mol. The van der Waals surface area contributed by atoms with Crippen LogP contribution in [0.4, 0.5) is 5.69 Å². The van der Waals surface area contributed by atoms with Crippen LogP contribution >= 0.6 is 11.3 Å². The topological polar surface area (TPSA) is 56.7 Å². The van der Waals surface area contributed by atoms with Gasteiger partial charge in [-0.15, -0.1) is 11.3 Å². The van der Waals surface area contributed by atoms with Gasteiger partial charge in [0, 0.05) is 12.7 Å². The number of nitrogen functional groups attached to an aromatic ring is 1. The number of nitrogens with two attached hydrogens (primary N) is 1. The molecule has 3 aromatic heterocycles. The van der Waals surface area contributed by atoms with Crippen LogP contribution in [-0.2, 0) is 6.54 Å². The number of thiophene rings is 1. The summed E-state index contributed by atoms with van der Waals surface area (Å²) in [4.78, 5) is 9.82. The van der Waals surface area contributed by atoms with Gasteiger partial charge in [0.1, 0.15) is 5.52 Å². The average molecular weight is 258 g/mol. The monoisotopic (exact) mass is 258 g/mol. The van der Waals surface area contributed by atoms with Crippen LogP contribution in [0.5, 0.6) is 0 Å². The van der Waals surface area contributed by atoms with Crippen molar-refractivity contribution in [1.82, 2.24) is 14.5 Å². The van der Waals surface area contributed by atoms with Crippen LogP contribution < -0.4 is 5.73 Å². The van der Waals surface area contributed by atoms with Crippen molar-refractivity contribution in [3.8, 4) is 10.7 Å². The lowest BCUT2D eigenvalue weighted by atomic mass is 10.3. The molecule has 0 spiro atoms. The zero-order chi connectivity index (χ0) is 12.7. The van der Waals surface area contributed by atoms with Crippen LogP contribution in [0.2, 0.25) is 0 Å². The van der Waals surface area contributed by atoms with Gasteiger partial charge in [-0.2, -0.15) is 0 Å². The van der Waals surface area contributed by atoms with Crippen molar-refractivity contribution in [2.24, 2.45) is 0 Å². The molecule has 3 heterocycles. The molecule has 0 aromatic carbocycles. The Morgan fingerprint density at radius 1 is 1.44 bits per heavy atom. The van der Waals surface area contributed by atoms with Crippen molar-refractivity contribution in [1.29, 1.82) is 0 Å². The Balaban J connectivity index is 2.32. The van der Waals surface area contributed by atoms with Gasteiger partial charge in [-0.25, -0.2) is 4.98 Å². The fourth-order valence-corrected chi connectivity index (χ4v) is 3.07. The molecule has 18 heavy (non-hydrogen) atoms. The molecule has 0 aliphatic carbocycles. The van der Waals surface area contributed by atoms with E-state index in [1.54, 1.807) is 23.7 Å². The number of hydrogen-bond donors (Lipinski definition) is 1. The molecule has 92 valence electrons. The molecule has 0 unspecified atom stereocenters. The number of nitrogens with zero attached hydrogens (tertiary/aromatic N) is 3. The third-order valence-electron chi connectivity index (χ3n) is 3.09. The molecule has 5 heteroatoms. The first-order chi connectivity index (χ1) is 8.72. The number of rotatable bonds is 2. The van der Waals surface area contributed by atoms with E-state index in [1.807, 2.05) is 13.0 Å². The van der Waals surface area contributed by atoms with Gasteiger partial charge in [-0.05, 0) is 30.9 Å². The highest BCUT2D eigenvalue weighted by Crippen LogP contribution is 2.35. The molecule has 0 radical (unpaired) electrons. The van der Waals surface area contributed by atoms with Crippen molar-refractivity contribution >= 4 is 28.1 Å². The number of aromatic nitrogens is 3. The molecule has 2 N–H and O–H groups in total. The van der Waals surface area contributed by atoms with Crippen LogP contribution in [0.15, 0.2) is 23.8 Å². The number of imidazole rings is 1. The second kappa shape index (κ2) is 4.10. The van der Waals surface area contributed by atoms with Gasteiger partial charge in [0.15, 0.2) is 5.82 Å². The van der Waals surface area contributed by atoms with Crippen molar-refractivity contribution in [3.63, 3.8) is 0 Å². The van der Waals surface area contributed by atoms with Gasteiger partial charge >= 0.3 is 0 Å². The lowest BCUT2D eigenvalue weighted by Gasteiger charge is -2.05. The molecule has 0 bridgehead atoms. The Bertz CT molecular complexity index is 711. The number of anilines is 1. The maximum atomic E-state index is 6.12. The Kier molecular flexibility index (Phi) is 2.56. The zero-order valence-electron chi connectivity index (χ0n) is 10.3. The van der Waals surface area contributed by atoms with E-state index in [2.05, 4.69) is 26.8 Å². The van der Waals surface area contributed by atoms with Gasteiger partial charge in [0.05, 0.1) is 22.3 Å². The standard InChI is InChI=1S/C13H14N4S/c1-3-17-10-4-5-15-6-9(10)16-13(17)12-11(14)8(2)7-18-12/h4-7H,3,14H2,1-2H3. The number of aryl methyl sites for hydroxylation is 2. The minimum atomic E-state index is 0.831. The second-order valence-electron chi connectivity index (χ2n) is 4.21. The average Bonchev–Trinajstić information content (AvgIpc) is 2.91. The fourth-order valence-electron chi connectivity index (χ4n) is 2.10. The Labute approximate surface area is 109 Å². The fraction of sp³-hybridized carbons (Fsp3) is 0.231. The first kappa shape index (κ1) is 11.2. The van der Waals surface area contributed by atoms with Gasteiger partial charge < -0.3 is 10.3 Å². The summed E-state index contributed by atoms with van der Waals surface area (Å²) < 4.78 is 2.18. The SMILES string of the molecule is CCn1c(-c2scc(C)c2N)nc2cnccc21. The minimum absolute atomic E-state index is 0.831. The normalized spacial score (nSPS) is 11.2. The van der Waals surface area contributed by atoms with E-state index < -0.39 is 0 Å². The Morgan fingerprint density at radius 3 is 2.94 bits per heavy atom. The number of fused-ring (bicyclic) bond motifs is 1. The van der Waals surface area contributed by atoms with Crippen molar-refractivity contribution in [2.45, 2.75) is 20.4 Å². The van der Waals surface area contributed by atoms with Crippen molar-refractivity contribution < 1.29 is 0 Å². The van der Waals surface area contributed by atoms with Crippen molar-refractivity contribution in [2.75, 3.05) is 5.73 Å². The molecule has 3 rings (SSSR count). The second-order valence-corrected chi connectivity index (χ2v) is 5.09. The summed E-state index contributed by atoms with van der Waals surface area (Å²) in [5, 5.41) is 2.07. The smallest absolute Gasteiger partial charge is 0.153 e. The highest BCUT2D eigenvalue weighted by atomic mass is 32.1. The molecule has 0 atom stereocenters. The van der Waals surface area contributed by atoms with E-state index in [0.29, 0.717) is 0 Å². The van der Waals surface area contributed by atoms with Gasteiger partial charge in [-0.1, -0.05) is 0 Å². The van der Waals surface area contributed by atoms with Crippen LogP contribution in [0.3, 0.4) is 0 Å². The molecule has 0 saturated heterocycles. The lowest BCUT2D eigenvalue weighted by Crippen LogP contribution is -1.98. The minimum Gasteiger partial charge on any atom is -0.397 e. The van der Waals surface area contributed by atoms with Crippen LogP contribution in [-0.4, -0.2) is 14.5 Å². The van der Waals surface area contributed by atoms with E-state index in [0.717, 1.165) is 39.5 Å². The molecule has 4 nitrogen and oxygen atoms in total. The van der Waals surface area contributed by atoms with Gasteiger partial charge in [0.25, 0.3) is 0 Å². The molecule has 0 fully saturated rings. The van der Waals surface area contributed by atoms with E-state index in [-0.39, 0.29) is 0 Å². The summed E-state index contributed by atoms with van der Waals surface area (Å²) in [5.74, 6) is 0.941. The van der Waals surface area contributed by atoms with Crippen LogP contribution in [0, 0.1) is 6.92 Å². The molecular formula is C13H14N4S. The highest BCUT2D eigenvalue weighted by Gasteiger charge is 2.16. The quantitative estimate of drug-likeness (QED) is 0.768. The summed E-state index contributed by atoms with van der Waals surface area (Å²) in [7, 11) is 0. The first-order valence-corrected chi connectivity index (χ1v) is 6.74. The summed E-state index contributed by atoms with van der Waals surface area (Å²) >= 11 is 1.65. The number of pyridine rings is 1. The third-order valence-corrected chi connectivity index (χ3v) is 4.20. The van der Waals surface area contributed by atoms with E-state index in [4.69, 9.17) is 5.73 Å². The van der Waals surface area contributed by atoms with Crippen molar-refractivity contribution in [3.05, 3.63) is 29.4 Å². The molecule has 0 saturated carbocycles. The van der Waals surface area contributed by atoms with E-state index in [9.17, 15) is 0 Å². The lowest BCUT2D eigenvalue weighted by molar-refractivity contribution is 0.798. The summed E-state index contributed by atoms with van der Waals surface area (Å²) in [5.41, 5.74) is 10.1. The van der Waals surface area contributed by atoms with Crippen LogP contribution in [0.25, 0.3) is 21.7 Å². The zero-order valence-corrected chi connectivity index (χ0v) is 11.2. The molecule has 3 aromatic rings. The maximum absolute atomic E-state index is 6.12. The van der Waals surface area contributed by atoms with E-state index >= 15 is 0 Å². The van der Waals surface area contributed by atoms with Gasteiger partial charge in [0.2, 0.25) is 0 Å². The molecular weight excluding hydrogens is 244 g/mol. The largest absolute Gasteiger partial charge is 0.397 e. The Morgan fingerprint density at radius 2 is 2.28 bits per heavy atom. The number of hydrogen-bond acceptors (Lipinski definition) is 4. The maximum Gasteiger partial charge on any atom is 0.153 e. The third kappa shape index (κ3) is 1.51. The Hall–Kier alpha value is -1.88. The van der Waals surface area contributed by atoms with E-state index in [1.165, 1.54) is 0 Å². The summed E-state index contributed by atoms with van der Waals surface area (Å²) in [6, 6.07) is 1.99.